The number of ether oxygens (including phenoxy) is 4. The zero-order valence-corrected chi connectivity index (χ0v) is 38.4. The summed E-state index contributed by atoms with van der Waals surface area (Å²) in [4.78, 5) is 80.1. The Hall–Kier alpha value is -4.48. The van der Waals surface area contributed by atoms with Crippen molar-refractivity contribution in [2.75, 3.05) is 137 Å². The molecular formula is C37H76N6O16. The van der Waals surface area contributed by atoms with Crippen LogP contribution in [0.25, 0.3) is 0 Å². The molecule has 0 saturated heterocycles. The van der Waals surface area contributed by atoms with Gasteiger partial charge in [-0.3, -0.25) is 19.2 Å². The smallest absolute Gasteiger partial charge is 0.302 e. The molecule has 59 heavy (non-hydrogen) atoms. The largest absolute Gasteiger partial charge is 0.550 e. The molecule has 0 radical (unpaired) electrons. The number of carboxylic acid groups (broad SMARTS) is 4. The van der Waals surface area contributed by atoms with Crippen LogP contribution in [0.5, 0.6) is 0 Å². The Labute approximate surface area is 350 Å². The maximum atomic E-state index is 10.3. The lowest BCUT2D eigenvalue weighted by atomic mass is 10.2. The Morgan fingerprint density at radius 3 is 0.763 bits per heavy atom. The number of aliphatic carboxylic acids is 4. The van der Waals surface area contributed by atoms with Gasteiger partial charge in [-0.15, -0.1) is 0 Å². The lowest BCUT2D eigenvalue weighted by Crippen LogP contribution is -2.45. The van der Waals surface area contributed by atoms with E-state index in [0.717, 1.165) is 44.1 Å². The SMILES string of the molecule is CC(=O)OCC[N+](C)(C)C.CC(=O)OCC[N+](C)(C)C.CC(=O)OCC[N+](C)(C)C.CC(=O)OCC[N+](C)(C)C.N[C@@H](CC(=O)[O-])C(=O)[O-].N[C@@H](CCC(=O)[O-])C(=O)[O-]. The van der Waals surface area contributed by atoms with Crippen LogP contribution in [0.15, 0.2) is 0 Å². The fourth-order valence-electron chi connectivity index (χ4n) is 2.51. The van der Waals surface area contributed by atoms with Crippen molar-refractivity contribution in [3.05, 3.63) is 0 Å². The monoisotopic (exact) mass is 861 g/mol. The summed E-state index contributed by atoms with van der Waals surface area (Å²) in [5, 5.41) is 38.9. The average molecular weight is 861 g/mol. The molecule has 0 aliphatic carbocycles. The van der Waals surface area contributed by atoms with Crippen molar-refractivity contribution in [2.45, 2.75) is 59.0 Å². The number of nitrogens with zero attached hydrogens (tertiary/aromatic N) is 4. The molecule has 0 rings (SSSR count). The number of hydrogen-bond acceptors (Lipinski definition) is 18. The van der Waals surface area contributed by atoms with E-state index in [-0.39, 0.29) is 36.7 Å². The molecule has 0 bridgehead atoms. The van der Waals surface area contributed by atoms with E-state index < -0.39 is 42.4 Å². The van der Waals surface area contributed by atoms with Gasteiger partial charge in [-0.2, -0.15) is 0 Å². The van der Waals surface area contributed by atoms with E-state index in [0.29, 0.717) is 26.4 Å². The highest BCUT2D eigenvalue weighted by Crippen LogP contribution is 1.92. The first-order valence-corrected chi connectivity index (χ1v) is 18.3. The predicted octanol–water partition coefficient (Wildman–Crippen LogP) is -6.18. The molecular weight excluding hydrogens is 784 g/mol. The molecule has 0 heterocycles. The van der Waals surface area contributed by atoms with Crippen LogP contribution in [0, 0.1) is 0 Å². The molecule has 0 unspecified atom stereocenters. The van der Waals surface area contributed by atoms with Gasteiger partial charge >= 0.3 is 23.9 Å². The summed E-state index contributed by atoms with van der Waals surface area (Å²) in [5.41, 5.74) is 9.65. The van der Waals surface area contributed by atoms with Gasteiger partial charge in [0.25, 0.3) is 0 Å². The fourth-order valence-corrected chi connectivity index (χ4v) is 2.51. The van der Waals surface area contributed by atoms with Crippen molar-refractivity contribution in [2.24, 2.45) is 11.5 Å². The Kier molecular flexibility index (Phi) is 39.9. The van der Waals surface area contributed by atoms with Gasteiger partial charge in [0.15, 0.2) is 0 Å². The van der Waals surface area contributed by atoms with Crippen LogP contribution in [-0.4, -0.2) is 215 Å². The summed E-state index contributed by atoms with van der Waals surface area (Å²) in [6, 6.07) is -2.67. The van der Waals surface area contributed by atoms with Gasteiger partial charge in [0.05, 0.1) is 96.5 Å². The van der Waals surface area contributed by atoms with Crippen LogP contribution in [0.3, 0.4) is 0 Å². The minimum Gasteiger partial charge on any atom is -0.550 e. The summed E-state index contributed by atoms with van der Waals surface area (Å²) < 4.78 is 22.4. The fraction of sp³-hybridized carbons (Fsp3) is 0.784. The number of carbonyl (C=O) groups is 8. The molecule has 0 fully saturated rings. The highest BCUT2D eigenvalue weighted by molar-refractivity contribution is 5.78. The number of quaternary nitrogens is 4. The van der Waals surface area contributed by atoms with Crippen LogP contribution in [0.4, 0.5) is 0 Å². The van der Waals surface area contributed by atoms with Crippen molar-refractivity contribution in [3.63, 3.8) is 0 Å². The molecule has 0 aromatic rings. The molecule has 0 amide bonds. The lowest BCUT2D eigenvalue weighted by Gasteiger charge is -2.23. The highest BCUT2D eigenvalue weighted by Gasteiger charge is 2.09. The maximum absolute atomic E-state index is 10.3. The van der Waals surface area contributed by atoms with Gasteiger partial charge < -0.3 is 88.0 Å². The number of hydrogen-bond donors (Lipinski definition) is 2. The third-order valence-electron chi connectivity index (χ3n) is 5.92. The second kappa shape index (κ2) is 35.5. The van der Waals surface area contributed by atoms with E-state index in [4.69, 9.17) is 30.4 Å². The van der Waals surface area contributed by atoms with E-state index in [1.54, 1.807) is 0 Å². The molecule has 4 N–H and O–H groups in total. The second-order valence-corrected chi connectivity index (χ2v) is 16.8. The van der Waals surface area contributed by atoms with Crippen molar-refractivity contribution in [3.8, 4) is 0 Å². The Balaban J connectivity index is -0.000000143. The average Bonchev–Trinajstić information content (AvgIpc) is 2.97. The van der Waals surface area contributed by atoms with Gasteiger partial charge in [-0.1, -0.05) is 0 Å². The molecule has 0 aromatic carbocycles. The predicted molar refractivity (Wildman–Crippen MR) is 208 cm³/mol. The van der Waals surface area contributed by atoms with Gasteiger partial charge in [0.2, 0.25) is 0 Å². The van der Waals surface area contributed by atoms with Crippen LogP contribution >= 0.6 is 0 Å². The van der Waals surface area contributed by atoms with E-state index in [2.05, 4.69) is 84.6 Å². The molecule has 0 saturated carbocycles. The Morgan fingerprint density at radius 1 is 0.424 bits per heavy atom. The third kappa shape index (κ3) is 86.5. The van der Waals surface area contributed by atoms with Gasteiger partial charge in [-0.25, -0.2) is 0 Å². The standard InChI is InChI=1S/4C7H16NO2.C5H9NO4.C4H7NO4/c4*1-7(9)10-6-5-8(2,3)4;6-3(5(9)10)1-2-4(7)8;5-2(4(8)9)1-3(6)7/h4*5-6H2,1-4H3;3H,1-2,6H2,(H,7,8)(H,9,10);2H,1,5H2,(H,6,7)(H,8,9)/q4*+1;;/p-4/t;;;;3-;2-/m....00/s1. The molecule has 0 aliphatic heterocycles. The van der Waals surface area contributed by atoms with Crippen LogP contribution in [0.1, 0.15) is 47.0 Å². The van der Waals surface area contributed by atoms with E-state index >= 15 is 0 Å². The normalized spacial score (nSPS) is 11.6. The van der Waals surface area contributed by atoms with Crippen molar-refractivity contribution < 1.29 is 95.7 Å². The lowest BCUT2D eigenvalue weighted by molar-refractivity contribution is -0.870. The molecule has 350 valence electrons. The van der Waals surface area contributed by atoms with E-state index in [1.165, 1.54) is 27.7 Å². The van der Waals surface area contributed by atoms with Gasteiger partial charge in [-0.05, 0) is 12.8 Å². The van der Waals surface area contributed by atoms with Crippen molar-refractivity contribution >= 4 is 47.8 Å². The van der Waals surface area contributed by atoms with Crippen LogP contribution in [-0.2, 0) is 57.3 Å². The summed E-state index contributed by atoms with van der Waals surface area (Å²) in [6.45, 7) is 11.2. The van der Waals surface area contributed by atoms with E-state index in [1.807, 2.05) is 0 Å². The number of rotatable bonds is 19. The highest BCUT2D eigenvalue weighted by atomic mass is 16.5. The molecule has 22 nitrogen and oxygen atoms in total. The first-order valence-electron chi connectivity index (χ1n) is 18.3. The number of likely N-dealkylation sites (N-methyl/N-ethyl adjacent to an activating group) is 4. The Morgan fingerprint density at radius 2 is 0.644 bits per heavy atom. The number of carboxylic acids is 4. The van der Waals surface area contributed by atoms with Crippen LogP contribution in [0.2, 0.25) is 0 Å². The number of carbonyl (C=O) groups excluding carboxylic acids is 8. The molecule has 2 atom stereocenters. The minimum absolute atomic E-state index is 0.148. The summed E-state index contributed by atoms with van der Waals surface area (Å²) >= 11 is 0. The van der Waals surface area contributed by atoms with E-state index in [9.17, 15) is 58.8 Å². The zero-order chi connectivity index (χ0) is 48.4. The topological polar surface area (TPSA) is 318 Å². The number of nitrogens with two attached hydrogens (primary N) is 2. The van der Waals surface area contributed by atoms with Crippen molar-refractivity contribution in [1.82, 2.24) is 0 Å². The first-order chi connectivity index (χ1) is 26.2. The zero-order valence-electron chi connectivity index (χ0n) is 38.4. The third-order valence-corrected chi connectivity index (χ3v) is 5.92. The summed E-state index contributed by atoms with van der Waals surface area (Å²) in [7, 11) is 24.7. The van der Waals surface area contributed by atoms with Gasteiger partial charge in [0.1, 0.15) is 52.6 Å². The van der Waals surface area contributed by atoms with Crippen LogP contribution < -0.4 is 31.9 Å². The molecule has 0 spiro atoms. The maximum Gasteiger partial charge on any atom is 0.302 e. The quantitative estimate of drug-likeness (QED) is 0.0693. The van der Waals surface area contributed by atoms with Crippen molar-refractivity contribution in [1.29, 1.82) is 0 Å². The Bertz CT molecular complexity index is 1100. The molecule has 0 aromatic heterocycles. The summed E-state index contributed by atoms with van der Waals surface area (Å²) in [6.07, 6.45) is -1.21. The minimum atomic E-state index is -1.58. The number of esters is 4. The first kappa shape index (κ1) is 66.3. The summed E-state index contributed by atoms with van der Waals surface area (Å²) in [5.74, 6) is -6.63. The molecule has 0 aliphatic rings. The molecule has 22 heteroatoms. The second-order valence-electron chi connectivity index (χ2n) is 16.8. The van der Waals surface area contributed by atoms with Gasteiger partial charge in [0, 0.05) is 58.1 Å².